The Balaban J connectivity index is 1.78. The Morgan fingerprint density at radius 3 is 1.33 bits per heavy atom. The van der Waals surface area contributed by atoms with Gasteiger partial charge in [-0.05, 0) is 28.4 Å². The van der Waals surface area contributed by atoms with E-state index >= 15 is 0 Å². The summed E-state index contributed by atoms with van der Waals surface area (Å²) in [5, 5.41) is 0. The van der Waals surface area contributed by atoms with Gasteiger partial charge in [-0.2, -0.15) is 0 Å². The molecule has 0 heteroatoms. The van der Waals surface area contributed by atoms with Crippen LogP contribution in [0.3, 0.4) is 0 Å². The summed E-state index contributed by atoms with van der Waals surface area (Å²) in [6.45, 7) is 4.96. The molecule has 2 saturated carbocycles. The molecule has 2 aromatic carbocycles. The van der Waals surface area contributed by atoms with Gasteiger partial charge in [0.05, 0.1) is 0 Å². The number of allylic oxidation sites excluding steroid dienone is 2. The lowest BCUT2D eigenvalue weighted by Gasteiger charge is -2.54. The van der Waals surface area contributed by atoms with Crippen molar-refractivity contribution in [1.29, 1.82) is 0 Å². The van der Waals surface area contributed by atoms with E-state index in [9.17, 15) is 0 Å². The number of fused-ring (bicyclic) bond motifs is 4. The first-order valence-corrected chi connectivity index (χ1v) is 7.98. The molecule has 104 valence electrons. The van der Waals surface area contributed by atoms with E-state index in [1.54, 1.807) is 0 Å². The van der Waals surface area contributed by atoms with Crippen molar-refractivity contribution in [2.24, 2.45) is 17.3 Å². The minimum atomic E-state index is 0.308. The van der Waals surface area contributed by atoms with Crippen LogP contribution < -0.4 is 0 Å². The smallest absolute Gasteiger partial charge is 0.0190 e. The van der Waals surface area contributed by atoms with Gasteiger partial charge in [-0.25, -0.2) is 0 Å². The second-order valence-corrected chi connectivity index (χ2v) is 7.41. The van der Waals surface area contributed by atoms with Crippen LogP contribution in [0.4, 0.5) is 0 Å². The van der Waals surface area contributed by atoms with Gasteiger partial charge < -0.3 is 0 Å². The Hall–Kier alpha value is -1.82. The molecule has 3 aliphatic carbocycles. The van der Waals surface area contributed by atoms with Gasteiger partial charge in [0.25, 0.3) is 0 Å². The van der Waals surface area contributed by atoms with Crippen molar-refractivity contribution < 1.29 is 0 Å². The van der Waals surface area contributed by atoms with Crippen molar-refractivity contribution in [1.82, 2.24) is 0 Å². The molecule has 0 spiro atoms. The van der Waals surface area contributed by atoms with Crippen molar-refractivity contribution in [3.63, 3.8) is 0 Å². The minimum absolute atomic E-state index is 0.308. The highest BCUT2D eigenvalue weighted by Gasteiger charge is 2.95. The third-order valence-corrected chi connectivity index (χ3v) is 6.90. The third kappa shape index (κ3) is 0.914. The Labute approximate surface area is 126 Å². The summed E-state index contributed by atoms with van der Waals surface area (Å²) in [6, 6.07) is 22.4. The lowest BCUT2D eigenvalue weighted by atomic mass is 9.48. The third-order valence-electron chi connectivity index (χ3n) is 6.90. The van der Waals surface area contributed by atoms with E-state index in [1.165, 1.54) is 11.1 Å². The molecule has 3 aliphatic rings. The summed E-state index contributed by atoms with van der Waals surface area (Å²) < 4.78 is 0. The Bertz CT molecular complexity index is 677. The Kier molecular flexibility index (Phi) is 1.87. The fourth-order valence-corrected chi connectivity index (χ4v) is 6.33. The molecule has 0 heterocycles. The summed E-state index contributed by atoms with van der Waals surface area (Å²) in [5.41, 5.74) is 4.00. The normalized spacial score (nSPS) is 40.5. The SMILES string of the molecule is CC1(C)[C@]2(c3ccccc3)[C@H]3C=C[C@H]3[C@]12c1ccccc1. The molecule has 21 heavy (non-hydrogen) atoms. The largest absolute Gasteiger partial charge is 0.0835 e. The van der Waals surface area contributed by atoms with Gasteiger partial charge in [0.2, 0.25) is 0 Å². The van der Waals surface area contributed by atoms with Gasteiger partial charge in [-0.1, -0.05) is 86.7 Å². The first-order valence-electron chi connectivity index (χ1n) is 7.98. The molecular formula is C21H20. The summed E-state index contributed by atoms with van der Waals surface area (Å²) in [4.78, 5) is 0. The zero-order chi connectivity index (χ0) is 14.3. The molecule has 0 aromatic heterocycles. The minimum Gasteiger partial charge on any atom is -0.0835 e. The van der Waals surface area contributed by atoms with Crippen molar-refractivity contribution in [2.45, 2.75) is 24.7 Å². The van der Waals surface area contributed by atoms with Crippen molar-refractivity contribution >= 4 is 0 Å². The fourth-order valence-electron chi connectivity index (χ4n) is 6.33. The summed E-state index contributed by atoms with van der Waals surface area (Å²) in [6.07, 6.45) is 4.90. The van der Waals surface area contributed by atoms with Crippen LogP contribution in [0.2, 0.25) is 0 Å². The molecular weight excluding hydrogens is 252 g/mol. The average molecular weight is 272 g/mol. The molecule has 0 radical (unpaired) electrons. The molecule has 0 aliphatic heterocycles. The summed E-state index contributed by atoms with van der Waals surface area (Å²) in [5.74, 6) is 1.46. The topological polar surface area (TPSA) is 0 Å². The van der Waals surface area contributed by atoms with E-state index in [4.69, 9.17) is 0 Å². The number of benzene rings is 2. The highest BCUT2D eigenvalue weighted by atomic mass is 15.0. The van der Waals surface area contributed by atoms with Gasteiger partial charge in [0.15, 0.2) is 0 Å². The van der Waals surface area contributed by atoms with Crippen LogP contribution in [0.25, 0.3) is 0 Å². The standard InChI is InChI=1S/C21H20/c1-19(2)20(15-9-5-3-6-10-15)17-13-14-18(17)21(19,20)16-11-7-4-8-12-16/h3-14,17-18H,1-2H3/t17-,18+,20-,21+. The van der Waals surface area contributed by atoms with Gasteiger partial charge >= 0.3 is 0 Å². The van der Waals surface area contributed by atoms with Gasteiger partial charge in [0.1, 0.15) is 0 Å². The first kappa shape index (κ1) is 11.8. The van der Waals surface area contributed by atoms with E-state index in [-0.39, 0.29) is 0 Å². The van der Waals surface area contributed by atoms with Gasteiger partial charge in [-0.15, -0.1) is 0 Å². The van der Waals surface area contributed by atoms with Crippen molar-refractivity contribution in [3.8, 4) is 0 Å². The highest BCUT2D eigenvalue weighted by Crippen LogP contribution is 2.94. The molecule has 0 nitrogen and oxygen atoms in total. The Morgan fingerprint density at radius 2 is 1.00 bits per heavy atom. The Morgan fingerprint density at radius 1 is 0.619 bits per heavy atom. The maximum Gasteiger partial charge on any atom is 0.0190 e. The lowest BCUT2D eigenvalue weighted by Crippen LogP contribution is -2.54. The number of hydrogen-bond donors (Lipinski definition) is 0. The molecule has 2 fully saturated rings. The van der Waals surface area contributed by atoms with Crippen LogP contribution in [-0.2, 0) is 10.8 Å². The van der Waals surface area contributed by atoms with Crippen LogP contribution in [0.1, 0.15) is 25.0 Å². The molecule has 0 amide bonds. The lowest BCUT2D eigenvalue weighted by molar-refractivity contribution is 0.143. The van der Waals surface area contributed by atoms with Crippen LogP contribution in [-0.4, -0.2) is 0 Å². The molecule has 0 bridgehead atoms. The zero-order valence-electron chi connectivity index (χ0n) is 12.6. The van der Waals surface area contributed by atoms with Crippen LogP contribution in [0, 0.1) is 17.3 Å². The second kappa shape index (κ2) is 3.32. The quantitative estimate of drug-likeness (QED) is 0.694. The monoisotopic (exact) mass is 272 g/mol. The molecule has 5 rings (SSSR count). The maximum atomic E-state index is 2.48. The van der Waals surface area contributed by atoms with E-state index in [2.05, 4.69) is 86.7 Å². The predicted molar refractivity (Wildman–Crippen MR) is 86.1 cm³/mol. The molecule has 0 saturated heterocycles. The van der Waals surface area contributed by atoms with Crippen LogP contribution >= 0.6 is 0 Å². The second-order valence-electron chi connectivity index (χ2n) is 7.41. The molecule has 4 atom stereocenters. The van der Waals surface area contributed by atoms with Crippen molar-refractivity contribution in [3.05, 3.63) is 83.9 Å². The maximum absolute atomic E-state index is 2.48. The first-order chi connectivity index (χ1) is 10.2. The zero-order valence-corrected chi connectivity index (χ0v) is 12.6. The highest BCUT2D eigenvalue weighted by molar-refractivity contribution is 5.68. The van der Waals surface area contributed by atoms with Crippen LogP contribution in [0.5, 0.6) is 0 Å². The van der Waals surface area contributed by atoms with E-state index in [0.29, 0.717) is 16.2 Å². The predicted octanol–water partition coefficient (Wildman–Crippen LogP) is 4.72. The van der Waals surface area contributed by atoms with Gasteiger partial charge in [-0.3, -0.25) is 0 Å². The van der Waals surface area contributed by atoms with E-state index in [1.807, 2.05) is 0 Å². The number of rotatable bonds is 2. The summed E-state index contributed by atoms with van der Waals surface area (Å²) >= 11 is 0. The van der Waals surface area contributed by atoms with Crippen LogP contribution in [0.15, 0.2) is 72.8 Å². The molecule has 0 N–H and O–H groups in total. The van der Waals surface area contributed by atoms with Gasteiger partial charge in [0, 0.05) is 10.8 Å². The average Bonchev–Trinajstić information content (AvgIpc) is 2.88. The number of hydrogen-bond acceptors (Lipinski definition) is 0. The van der Waals surface area contributed by atoms with Crippen molar-refractivity contribution in [2.75, 3.05) is 0 Å². The fraction of sp³-hybridized carbons (Fsp3) is 0.333. The molecule has 2 aromatic rings. The van der Waals surface area contributed by atoms with E-state index < -0.39 is 0 Å². The summed E-state index contributed by atoms with van der Waals surface area (Å²) in [7, 11) is 0. The van der Waals surface area contributed by atoms with E-state index in [0.717, 1.165) is 11.8 Å². The molecule has 0 unspecified atom stereocenters.